The summed E-state index contributed by atoms with van der Waals surface area (Å²) in [5.74, 6) is 1.07. The van der Waals surface area contributed by atoms with Crippen molar-refractivity contribution in [2.75, 3.05) is 27.9 Å². The number of nitrogens with zero attached hydrogens (tertiary/aromatic N) is 2. The van der Waals surface area contributed by atoms with Gasteiger partial charge in [-0.3, -0.25) is 14.7 Å². The lowest BCUT2D eigenvalue weighted by Gasteiger charge is -2.22. The van der Waals surface area contributed by atoms with E-state index in [9.17, 15) is 4.79 Å². The second-order valence-electron chi connectivity index (χ2n) is 6.55. The smallest absolute Gasteiger partial charge is 0.319 e. The van der Waals surface area contributed by atoms with Crippen LogP contribution < -0.4 is 9.47 Å². The average Bonchev–Trinajstić information content (AvgIpc) is 2.75. The zero-order chi connectivity index (χ0) is 20.8. The summed E-state index contributed by atoms with van der Waals surface area (Å²) >= 11 is 6.31. The molecule has 0 saturated carbocycles. The van der Waals surface area contributed by atoms with Crippen LogP contribution in [0.2, 0.25) is 5.02 Å². The standard InChI is InChI=1S/C22H23ClN2O4/c1-27-17-9-15(10-18(11-17)28-2)12-25(14-21(26)29-3)13-16-6-7-20(23)19-5-4-8-24-22(16)19/h4-11H,12-14H2,1-3H3. The number of aromatic nitrogens is 1. The first-order valence-electron chi connectivity index (χ1n) is 9.07. The van der Waals surface area contributed by atoms with Crippen LogP contribution in [0.3, 0.4) is 0 Å². The number of esters is 1. The largest absolute Gasteiger partial charge is 0.497 e. The van der Waals surface area contributed by atoms with Gasteiger partial charge in [-0.05, 0) is 41.5 Å². The molecule has 0 bridgehead atoms. The molecule has 0 N–H and O–H groups in total. The fraction of sp³-hybridized carbons (Fsp3) is 0.273. The van der Waals surface area contributed by atoms with Crippen molar-refractivity contribution in [1.82, 2.24) is 9.88 Å². The Balaban J connectivity index is 1.93. The third-order valence-electron chi connectivity index (χ3n) is 4.59. The molecule has 2 aromatic carbocycles. The molecule has 0 saturated heterocycles. The van der Waals surface area contributed by atoms with Gasteiger partial charge >= 0.3 is 5.97 Å². The number of pyridine rings is 1. The molecule has 3 rings (SSSR count). The minimum absolute atomic E-state index is 0.132. The molecule has 0 aliphatic carbocycles. The summed E-state index contributed by atoms with van der Waals surface area (Å²) in [6, 6.07) is 13.2. The SMILES string of the molecule is COC(=O)CN(Cc1cc(OC)cc(OC)c1)Cc1ccc(Cl)c2cccnc12. The summed E-state index contributed by atoms with van der Waals surface area (Å²) in [7, 11) is 4.60. The molecule has 0 aliphatic heterocycles. The number of carbonyl (C=O) groups excluding carboxylic acids is 1. The van der Waals surface area contributed by atoms with Crippen molar-refractivity contribution in [2.45, 2.75) is 13.1 Å². The van der Waals surface area contributed by atoms with Gasteiger partial charge in [0.15, 0.2) is 0 Å². The van der Waals surface area contributed by atoms with Crippen molar-refractivity contribution >= 4 is 28.5 Å². The van der Waals surface area contributed by atoms with E-state index in [1.807, 2.05) is 47.4 Å². The second kappa shape index (κ2) is 9.58. The fourth-order valence-electron chi connectivity index (χ4n) is 3.20. The van der Waals surface area contributed by atoms with Crippen LogP contribution in [-0.2, 0) is 22.6 Å². The molecule has 0 amide bonds. The second-order valence-corrected chi connectivity index (χ2v) is 6.96. The van der Waals surface area contributed by atoms with E-state index in [1.165, 1.54) is 7.11 Å². The molecule has 152 valence electrons. The molecule has 3 aromatic rings. The van der Waals surface area contributed by atoms with Crippen LogP contribution >= 0.6 is 11.6 Å². The number of benzene rings is 2. The quantitative estimate of drug-likeness (QED) is 0.517. The van der Waals surface area contributed by atoms with Gasteiger partial charge in [-0.2, -0.15) is 0 Å². The molecule has 6 nitrogen and oxygen atoms in total. The Morgan fingerprint density at radius 2 is 1.76 bits per heavy atom. The van der Waals surface area contributed by atoms with E-state index in [0.717, 1.165) is 22.0 Å². The number of rotatable bonds is 8. The van der Waals surface area contributed by atoms with Gasteiger partial charge in [-0.15, -0.1) is 0 Å². The highest BCUT2D eigenvalue weighted by atomic mass is 35.5. The molecule has 0 fully saturated rings. The van der Waals surface area contributed by atoms with E-state index in [-0.39, 0.29) is 12.5 Å². The number of ether oxygens (including phenoxy) is 3. The summed E-state index contributed by atoms with van der Waals surface area (Å²) in [5.41, 5.74) is 2.75. The summed E-state index contributed by atoms with van der Waals surface area (Å²) in [6.45, 7) is 1.13. The Hall–Kier alpha value is -2.83. The van der Waals surface area contributed by atoms with E-state index in [1.54, 1.807) is 20.4 Å². The molecule has 7 heteroatoms. The summed E-state index contributed by atoms with van der Waals surface area (Å²) in [4.78, 5) is 18.5. The minimum Gasteiger partial charge on any atom is -0.497 e. The van der Waals surface area contributed by atoms with Crippen molar-refractivity contribution in [3.63, 3.8) is 0 Å². The Labute approximate surface area is 175 Å². The van der Waals surface area contributed by atoms with E-state index < -0.39 is 0 Å². The van der Waals surface area contributed by atoms with Gasteiger partial charge in [0.25, 0.3) is 0 Å². The first kappa shape index (κ1) is 20.9. The summed E-state index contributed by atoms with van der Waals surface area (Å²) in [6.07, 6.45) is 1.74. The molecule has 29 heavy (non-hydrogen) atoms. The minimum atomic E-state index is -0.314. The van der Waals surface area contributed by atoms with Gasteiger partial charge in [-0.25, -0.2) is 0 Å². The highest BCUT2D eigenvalue weighted by Gasteiger charge is 2.16. The number of methoxy groups -OCH3 is 3. The first-order chi connectivity index (χ1) is 14.0. The average molecular weight is 415 g/mol. The number of fused-ring (bicyclic) bond motifs is 1. The maximum Gasteiger partial charge on any atom is 0.319 e. The van der Waals surface area contributed by atoms with Crippen molar-refractivity contribution < 1.29 is 19.0 Å². The van der Waals surface area contributed by atoms with Crippen molar-refractivity contribution in [1.29, 1.82) is 0 Å². The predicted molar refractivity (Wildman–Crippen MR) is 112 cm³/mol. The third kappa shape index (κ3) is 5.16. The monoisotopic (exact) mass is 414 g/mol. The van der Waals surface area contributed by atoms with Gasteiger partial charge in [0, 0.05) is 35.8 Å². The Kier molecular flexibility index (Phi) is 6.90. The van der Waals surface area contributed by atoms with Crippen LogP contribution in [0.15, 0.2) is 48.7 Å². The van der Waals surface area contributed by atoms with Gasteiger partial charge < -0.3 is 14.2 Å². The molecule has 0 aliphatic rings. The summed E-state index contributed by atoms with van der Waals surface area (Å²) < 4.78 is 15.6. The zero-order valence-electron chi connectivity index (χ0n) is 16.6. The van der Waals surface area contributed by atoms with E-state index >= 15 is 0 Å². The highest BCUT2D eigenvalue weighted by Crippen LogP contribution is 2.27. The summed E-state index contributed by atoms with van der Waals surface area (Å²) in [5, 5.41) is 1.53. The van der Waals surface area contributed by atoms with E-state index in [2.05, 4.69) is 4.98 Å². The number of carbonyl (C=O) groups is 1. The lowest BCUT2D eigenvalue weighted by atomic mass is 10.1. The van der Waals surface area contributed by atoms with E-state index in [0.29, 0.717) is 29.6 Å². The van der Waals surface area contributed by atoms with Crippen LogP contribution in [0.5, 0.6) is 11.5 Å². The van der Waals surface area contributed by atoms with Crippen molar-refractivity contribution in [2.24, 2.45) is 0 Å². The lowest BCUT2D eigenvalue weighted by Crippen LogP contribution is -2.30. The highest BCUT2D eigenvalue weighted by molar-refractivity contribution is 6.35. The topological polar surface area (TPSA) is 60.9 Å². The molecule has 0 radical (unpaired) electrons. The van der Waals surface area contributed by atoms with Crippen LogP contribution in [0.1, 0.15) is 11.1 Å². The normalized spacial score (nSPS) is 10.9. The predicted octanol–water partition coefficient (Wildman–Crippen LogP) is 4.08. The molecular weight excluding hydrogens is 392 g/mol. The molecule has 0 atom stereocenters. The van der Waals surface area contributed by atoms with Gasteiger partial charge in [0.1, 0.15) is 11.5 Å². The molecule has 1 aromatic heterocycles. The van der Waals surface area contributed by atoms with Crippen LogP contribution in [0, 0.1) is 0 Å². The lowest BCUT2D eigenvalue weighted by molar-refractivity contribution is -0.142. The van der Waals surface area contributed by atoms with Gasteiger partial charge in [0.05, 0.1) is 33.4 Å². The molecule has 0 spiro atoms. The Morgan fingerprint density at radius 1 is 1.03 bits per heavy atom. The third-order valence-corrected chi connectivity index (χ3v) is 4.92. The number of halogens is 1. The molecule has 1 heterocycles. The Morgan fingerprint density at radius 3 is 2.41 bits per heavy atom. The first-order valence-corrected chi connectivity index (χ1v) is 9.45. The number of hydrogen-bond donors (Lipinski definition) is 0. The maximum absolute atomic E-state index is 12.0. The molecular formula is C22H23ClN2O4. The van der Waals surface area contributed by atoms with Crippen LogP contribution in [0.4, 0.5) is 0 Å². The van der Waals surface area contributed by atoms with Gasteiger partial charge in [0.2, 0.25) is 0 Å². The van der Waals surface area contributed by atoms with Crippen LogP contribution in [-0.4, -0.2) is 43.7 Å². The number of hydrogen-bond acceptors (Lipinski definition) is 6. The zero-order valence-corrected chi connectivity index (χ0v) is 17.4. The molecule has 0 unspecified atom stereocenters. The van der Waals surface area contributed by atoms with Crippen molar-refractivity contribution in [3.8, 4) is 11.5 Å². The fourth-order valence-corrected chi connectivity index (χ4v) is 3.41. The van der Waals surface area contributed by atoms with Crippen LogP contribution in [0.25, 0.3) is 10.9 Å². The maximum atomic E-state index is 12.0. The van der Waals surface area contributed by atoms with Gasteiger partial charge in [-0.1, -0.05) is 17.7 Å². The van der Waals surface area contributed by atoms with E-state index in [4.69, 9.17) is 25.8 Å². The Bertz CT molecular complexity index is 987. The van der Waals surface area contributed by atoms with Crippen molar-refractivity contribution in [3.05, 3.63) is 64.8 Å².